The molecule has 100 valence electrons. The Labute approximate surface area is 111 Å². The van der Waals surface area contributed by atoms with Crippen LogP contribution in [0.2, 0.25) is 0 Å². The Balaban J connectivity index is 2.37. The Hall–Kier alpha value is -2.17. The number of rotatable bonds is 4. The van der Waals surface area contributed by atoms with Crippen LogP contribution in [-0.4, -0.2) is 9.97 Å². The van der Waals surface area contributed by atoms with Gasteiger partial charge >= 0.3 is 0 Å². The molecular weight excluding hydrogens is 243 g/mol. The van der Waals surface area contributed by atoms with E-state index < -0.39 is 0 Å². The second-order valence-electron chi connectivity index (χ2n) is 4.44. The number of halogens is 1. The van der Waals surface area contributed by atoms with Crippen LogP contribution in [0.4, 0.5) is 21.7 Å². The Morgan fingerprint density at radius 2 is 2.11 bits per heavy atom. The minimum Gasteiger partial charge on any atom is -0.383 e. The first-order valence-electron chi connectivity index (χ1n) is 6.24. The molecule has 0 fully saturated rings. The minimum absolute atomic E-state index is 0.315. The van der Waals surface area contributed by atoms with Gasteiger partial charge in [0.25, 0.3) is 0 Å². The van der Waals surface area contributed by atoms with Crippen molar-refractivity contribution in [3.8, 4) is 0 Å². The van der Waals surface area contributed by atoms with Crippen molar-refractivity contribution in [3.05, 3.63) is 41.5 Å². The van der Waals surface area contributed by atoms with E-state index >= 15 is 0 Å². The van der Waals surface area contributed by atoms with Crippen molar-refractivity contribution in [2.45, 2.75) is 26.7 Å². The molecule has 1 aromatic carbocycles. The topological polar surface area (TPSA) is 63.8 Å². The Kier molecular flexibility index (Phi) is 3.94. The van der Waals surface area contributed by atoms with E-state index in [9.17, 15) is 4.39 Å². The number of hydrogen-bond acceptors (Lipinski definition) is 4. The molecule has 0 radical (unpaired) electrons. The zero-order valence-corrected chi connectivity index (χ0v) is 11.1. The van der Waals surface area contributed by atoms with E-state index in [0.29, 0.717) is 17.3 Å². The highest BCUT2D eigenvalue weighted by Crippen LogP contribution is 2.25. The highest BCUT2D eigenvalue weighted by molar-refractivity contribution is 5.64. The number of hydrogen-bond donors (Lipinski definition) is 2. The van der Waals surface area contributed by atoms with Gasteiger partial charge < -0.3 is 11.1 Å². The fourth-order valence-electron chi connectivity index (χ4n) is 1.89. The summed E-state index contributed by atoms with van der Waals surface area (Å²) in [6.07, 6.45) is 3.05. The van der Waals surface area contributed by atoms with Crippen LogP contribution in [0.5, 0.6) is 0 Å². The van der Waals surface area contributed by atoms with Crippen LogP contribution in [0.1, 0.15) is 24.5 Å². The molecule has 3 N–H and O–H groups in total. The van der Waals surface area contributed by atoms with Gasteiger partial charge in [0.1, 0.15) is 23.8 Å². The van der Waals surface area contributed by atoms with Gasteiger partial charge in [0, 0.05) is 5.56 Å². The molecule has 0 unspecified atom stereocenters. The van der Waals surface area contributed by atoms with E-state index in [1.165, 1.54) is 12.4 Å². The lowest BCUT2D eigenvalue weighted by Gasteiger charge is -2.12. The maximum atomic E-state index is 13.7. The normalized spacial score (nSPS) is 10.5. The monoisotopic (exact) mass is 260 g/mol. The number of nitrogens with two attached hydrogens (primary N) is 1. The van der Waals surface area contributed by atoms with E-state index in [1.807, 2.05) is 13.8 Å². The predicted octanol–water partition coefficient (Wildman–Crippen LogP) is 3.20. The standard InChI is InChI=1S/C14H17FN4/c1-3-4-10-13(16)17-8-18-14(10)19-12-7-9(2)5-6-11(12)15/h5-8H,3-4H2,1-2H3,(H3,16,17,18,19). The van der Waals surface area contributed by atoms with Gasteiger partial charge in [-0.25, -0.2) is 14.4 Å². The molecule has 5 heteroatoms. The van der Waals surface area contributed by atoms with Crippen LogP contribution in [0.25, 0.3) is 0 Å². The van der Waals surface area contributed by atoms with Crippen LogP contribution in [-0.2, 0) is 6.42 Å². The molecule has 0 amide bonds. The summed E-state index contributed by atoms with van der Waals surface area (Å²) in [5.41, 5.74) is 8.04. The zero-order chi connectivity index (χ0) is 13.8. The van der Waals surface area contributed by atoms with Crippen LogP contribution in [0.3, 0.4) is 0 Å². The number of aromatic nitrogens is 2. The van der Waals surface area contributed by atoms with Gasteiger partial charge in [0.2, 0.25) is 0 Å². The summed E-state index contributed by atoms with van der Waals surface area (Å²) in [6.45, 7) is 3.95. The number of aryl methyl sites for hydroxylation is 1. The fourth-order valence-corrected chi connectivity index (χ4v) is 1.89. The van der Waals surface area contributed by atoms with Crippen molar-refractivity contribution in [3.63, 3.8) is 0 Å². The highest BCUT2D eigenvalue weighted by Gasteiger charge is 2.10. The number of nitrogens with zero attached hydrogens (tertiary/aromatic N) is 2. The fraction of sp³-hybridized carbons (Fsp3) is 0.286. The first-order valence-corrected chi connectivity index (χ1v) is 6.24. The van der Waals surface area contributed by atoms with Crippen molar-refractivity contribution >= 4 is 17.3 Å². The molecule has 1 heterocycles. The molecular formula is C14H17FN4. The molecule has 4 nitrogen and oxygen atoms in total. The van der Waals surface area contributed by atoms with Gasteiger partial charge in [0.15, 0.2) is 0 Å². The van der Waals surface area contributed by atoms with E-state index in [-0.39, 0.29) is 5.82 Å². The minimum atomic E-state index is -0.315. The molecule has 0 bridgehead atoms. The van der Waals surface area contributed by atoms with Crippen LogP contribution in [0.15, 0.2) is 24.5 Å². The van der Waals surface area contributed by atoms with Gasteiger partial charge in [0.05, 0.1) is 5.69 Å². The summed E-state index contributed by atoms with van der Waals surface area (Å²) >= 11 is 0. The largest absolute Gasteiger partial charge is 0.383 e. The Bertz CT molecular complexity index is 584. The Morgan fingerprint density at radius 1 is 1.32 bits per heavy atom. The molecule has 0 aliphatic carbocycles. The summed E-state index contributed by atoms with van der Waals surface area (Å²) in [7, 11) is 0. The quantitative estimate of drug-likeness (QED) is 0.886. The average Bonchev–Trinajstić information content (AvgIpc) is 2.38. The van der Waals surface area contributed by atoms with Crippen molar-refractivity contribution in [1.29, 1.82) is 0 Å². The molecule has 0 saturated heterocycles. The smallest absolute Gasteiger partial charge is 0.146 e. The second-order valence-corrected chi connectivity index (χ2v) is 4.44. The maximum Gasteiger partial charge on any atom is 0.146 e. The van der Waals surface area contributed by atoms with Crippen LogP contribution in [0, 0.1) is 12.7 Å². The average molecular weight is 260 g/mol. The first kappa shape index (κ1) is 13.3. The van der Waals surface area contributed by atoms with E-state index in [1.54, 1.807) is 12.1 Å². The Morgan fingerprint density at radius 3 is 2.84 bits per heavy atom. The third-order valence-corrected chi connectivity index (χ3v) is 2.85. The summed E-state index contributed by atoms with van der Waals surface area (Å²) in [4.78, 5) is 8.13. The summed E-state index contributed by atoms with van der Waals surface area (Å²) in [5.74, 6) is 0.691. The van der Waals surface area contributed by atoms with Gasteiger partial charge in [-0.15, -0.1) is 0 Å². The molecule has 1 aromatic heterocycles. The molecule has 0 aliphatic heterocycles. The lowest BCUT2D eigenvalue weighted by atomic mass is 10.1. The summed E-state index contributed by atoms with van der Waals surface area (Å²) in [6, 6.07) is 4.90. The molecule has 0 atom stereocenters. The van der Waals surface area contributed by atoms with Gasteiger partial charge in [-0.2, -0.15) is 0 Å². The molecule has 2 rings (SSSR count). The molecule has 0 spiro atoms. The molecule has 19 heavy (non-hydrogen) atoms. The molecule has 0 saturated carbocycles. The first-order chi connectivity index (χ1) is 9.11. The van der Waals surface area contributed by atoms with Crippen LogP contribution < -0.4 is 11.1 Å². The summed E-state index contributed by atoms with van der Waals surface area (Å²) < 4.78 is 13.7. The third-order valence-electron chi connectivity index (χ3n) is 2.85. The van der Waals surface area contributed by atoms with Gasteiger partial charge in [-0.1, -0.05) is 19.4 Å². The van der Waals surface area contributed by atoms with Crippen molar-refractivity contribution < 1.29 is 4.39 Å². The van der Waals surface area contributed by atoms with Gasteiger partial charge in [-0.3, -0.25) is 0 Å². The van der Waals surface area contributed by atoms with Crippen LogP contribution >= 0.6 is 0 Å². The summed E-state index contributed by atoms with van der Waals surface area (Å²) in [5, 5.41) is 3.00. The zero-order valence-electron chi connectivity index (χ0n) is 11.1. The maximum absolute atomic E-state index is 13.7. The lowest BCUT2D eigenvalue weighted by Crippen LogP contribution is -2.06. The number of nitrogens with one attached hydrogen (secondary N) is 1. The second kappa shape index (κ2) is 5.65. The number of benzene rings is 1. The number of anilines is 3. The van der Waals surface area contributed by atoms with Gasteiger partial charge in [-0.05, 0) is 31.0 Å². The predicted molar refractivity (Wildman–Crippen MR) is 74.9 cm³/mol. The third kappa shape index (κ3) is 2.99. The van der Waals surface area contributed by atoms with Crippen molar-refractivity contribution in [2.24, 2.45) is 0 Å². The highest BCUT2D eigenvalue weighted by atomic mass is 19.1. The van der Waals surface area contributed by atoms with E-state index in [0.717, 1.165) is 24.0 Å². The number of nitrogen functional groups attached to an aromatic ring is 1. The molecule has 2 aromatic rings. The SMILES string of the molecule is CCCc1c(N)ncnc1Nc1cc(C)ccc1F. The van der Waals surface area contributed by atoms with E-state index in [2.05, 4.69) is 15.3 Å². The van der Waals surface area contributed by atoms with E-state index in [4.69, 9.17) is 5.73 Å². The van der Waals surface area contributed by atoms with Crippen molar-refractivity contribution in [1.82, 2.24) is 9.97 Å². The molecule has 0 aliphatic rings. The van der Waals surface area contributed by atoms with Crippen molar-refractivity contribution in [2.75, 3.05) is 11.1 Å². The lowest BCUT2D eigenvalue weighted by molar-refractivity contribution is 0.631.